The third kappa shape index (κ3) is 2.83. The molecular weight excluding hydrogens is 232 g/mol. The number of hydrogen-bond acceptors (Lipinski definition) is 3. The van der Waals surface area contributed by atoms with Crippen LogP contribution in [0, 0.1) is 0 Å². The summed E-state index contributed by atoms with van der Waals surface area (Å²) in [6.07, 6.45) is 3.19. The van der Waals surface area contributed by atoms with E-state index in [1.165, 1.54) is 12.3 Å². The van der Waals surface area contributed by atoms with E-state index in [9.17, 15) is 13.2 Å². The molecule has 1 rings (SSSR count). The first-order valence-corrected chi connectivity index (χ1v) is 6.22. The number of carbonyl (C=O) groups is 1. The van der Waals surface area contributed by atoms with E-state index in [1.54, 1.807) is 24.7 Å². The van der Waals surface area contributed by atoms with Gasteiger partial charge in [-0.1, -0.05) is 6.92 Å². The van der Waals surface area contributed by atoms with E-state index < -0.39 is 22.0 Å². The van der Waals surface area contributed by atoms with E-state index in [1.807, 2.05) is 0 Å². The Morgan fingerprint density at radius 1 is 1.62 bits per heavy atom. The Hall–Kier alpha value is -1.34. The third-order valence-corrected chi connectivity index (χ3v) is 3.58. The molecule has 2 N–H and O–H groups in total. The normalized spacial score (nSPS) is 13.6. The second-order valence-corrected chi connectivity index (χ2v) is 5.15. The molecule has 0 amide bonds. The number of hydrogen-bond donors (Lipinski definition) is 2. The third-order valence-electron chi connectivity index (χ3n) is 2.12. The topological polar surface area (TPSA) is 88.4 Å². The Balaban J connectivity index is 2.91. The molecule has 1 atom stereocenters. The van der Waals surface area contributed by atoms with Gasteiger partial charge in [-0.2, -0.15) is 4.72 Å². The Labute approximate surface area is 93.9 Å². The van der Waals surface area contributed by atoms with Crippen molar-refractivity contribution in [2.24, 2.45) is 7.05 Å². The first-order valence-electron chi connectivity index (χ1n) is 4.74. The van der Waals surface area contributed by atoms with Gasteiger partial charge in [0, 0.05) is 19.4 Å². The summed E-state index contributed by atoms with van der Waals surface area (Å²) in [7, 11) is -2.06. The molecule has 0 spiro atoms. The van der Waals surface area contributed by atoms with E-state index >= 15 is 0 Å². The van der Waals surface area contributed by atoms with Gasteiger partial charge in [-0.3, -0.25) is 4.79 Å². The molecule has 0 bridgehead atoms. The second-order valence-electron chi connectivity index (χ2n) is 3.43. The summed E-state index contributed by atoms with van der Waals surface area (Å²) in [4.78, 5) is 10.8. The number of aromatic nitrogens is 1. The Morgan fingerprint density at radius 2 is 2.25 bits per heavy atom. The van der Waals surface area contributed by atoms with Gasteiger partial charge in [0.2, 0.25) is 10.0 Å². The minimum atomic E-state index is -3.75. The largest absolute Gasteiger partial charge is 0.480 e. The zero-order chi connectivity index (χ0) is 12.3. The molecule has 1 heterocycles. The SMILES string of the molecule is CC[C@@H](NS(=O)(=O)c1ccn(C)c1)C(=O)O. The highest BCUT2D eigenvalue weighted by molar-refractivity contribution is 7.89. The smallest absolute Gasteiger partial charge is 0.321 e. The number of rotatable bonds is 5. The van der Waals surface area contributed by atoms with Crippen LogP contribution in [0.4, 0.5) is 0 Å². The maximum Gasteiger partial charge on any atom is 0.321 e. The van der Waals surface area contributed by atoms with Gasteiger partial charge in [0.25, 0.3) is 0 Å². The second kappa shape index (κ2) is 4.67. The molecule has 0 aromatic carbocycles. The van der Waals surface area contributed by atoms with E-state index in [0.29, 0.717) is 0 Å². The zero-order valence-corrected chi connectivity index (χ0v) is 9.86. The summed E-state index contributed by atoms with van der Waals surface area (Å²) in [6.45, 7) is 1.60. The fourth-order valence-corrected chi connectivity index (χ4v) is 2.52. The summed E-state index contributed by atoms with van der Waals surface area (Å²) in [5.74, 6) is -1.18. The Bertz CT molecular complexity index is 477. The van der Waals surface area contributed by atoms with Crippen LogP contribution in [0.3, 0.4) is 0 Å². The fourth-order valence-electron chi connectivity index (χ4n) is 1.20. The summed E-state index contributed by atoms with van der Waals surface area (Å²) >= 11 is 0. The summed E-state index contributed by atoms with van der Waals surface area (Å²) in [6, 6.07) is 0.321. The summed E-state index contributed by atoms with van der Waals surface area (Å²) in [5, 5.41) is 8.76. The molecule has 0 saturated carbocycles. The zero-order valence-electron chi connectivity index (χ0n) is 9.04. The minimum Gasteiger partial charge on any atom is -0.480 e. The lowest BCUT2D eigenvalue weighted by Gasteiger charge is -2.11. The molecule has 0 saturated heterocycles. The molecular formula is C9H14N2O4S. The lowest BCUT2D eigenvalue weighted by Crippen LogP contribution is -2.40. The van der Waals surface area contributed by atoms with E-state index in [0.717, 1.165) is 0 Å². The van der Waals surface area contributed by atoms with Gasteiger partial charge in [0.1, 0.15) is 6.04 Å². The van der Waals surface area contributed by atoms with Crippen molar-refractivity contribution in [3.05, 3.63) is 18.5 Å². The van der Waals surface area contributed by atoms with Crippen LogP contribution < -0.4 is 4.72 Å². The maximum atomic E-state index is 11.7. The Kier molecular flexibility index (Phi) is 3.71. The Morgan fingerprint density at radius 3 is 2.62 bits per heavy atom. The quantitative estimate of drug-likeness (QED) is 0.775. The van der Waals surface area contributed by atoms with Gasteiger partial charge in [-0.25, -0.2) is 8.42 Å². The molecule has 7 heteroatoms. The minimum absolute atomic E-state index is 0.0645. The van der Waals surface area contributed by atoms with Crippen LogP contribution in [0.1, 0.15) is 13.3 Å². The number of sulfonamides is 1. The molecule has 0 aliphatic rings. The molecule has 0 aliphatic carbocycles. The van der Waals surface area contributed by atoms with Crippen LogP contribution in [0.15, 0.2) is 23.4 Å². The molecule has 0 fully saturated rings. The predicted octanol–water partition coefficient (Wildman–Crippen LogP) is 0.167. The number of nitrogens with zero attached hydrogens (tertiary/aromatic N) is 1. The van der Waals surface area contributed by atoms with Crippen LogP contribution in [0.2, 0.25) is 0 Å². The van der Waals surface area contributed by atoms with E-state index in [2.05, 4.69) is 4.72 Å². The first-order chi connectivity index (χ1) is 7.36. The molecule has 0 aliphatic heterocycles. The lowest BCUT2D eigenvalue weighted by atomic mass is 10.2. The van der Waals surface area contributed by atoms with Crippen molar-refractivity contribution in [3.63, 3.8) is 0 Å². The fraction of sp³-hybridized carbons (Fsp3) is 0.444. The maximum absolute atomic E-state index is 11.7. The first kappa shape index (κ1) is 12.7. The van der Waals surface area contributed by atoms with E-state index in [4.69, 9.17) is 5.11 Å². The van der Waals surface area contributed by atoms with Crippen molar-refractivity contribution < 1.29 is 18.3 Å². The van der Waals surface area contributed by atoms with E-state index in [-0.39, 0.29) is 11.3 Å². The molecule has 0 radical (unpaired) electrons. The molecule has 1 aromatic heterocycles. The van der Waals surface area contributed by atoms with Gasteiger partial charge >= 0.3 is 5.97 Å². The van der Waals surface area contributed by atoms with Crippen LogP contribution >= 0.6 is 0 Å². The standard InChI is InChI=1S/C9H14N2O4S/c1-3-8(9(12)13)10-16(14,15)7-4-5-11(2)6-7/h4-6,8,10H,3H2,1-2H3,(H,12,13)/t8-/m1/s1. The highest BCUT2D eigenvalue weighted by atomic mass is 32.2. The number of aliphatic carboxylic acids is 1. The van der Waals surface area contributed by atoms with Gasteiger partial charge in [0.15, 0.2) is 0 Å². The lowest BCUT2D eigenvalue weighted by molar-refractivity contribution is -0.139. The number of carboxylic acid groups (broad SMARTS) is 1. The number of carboxylic acids is 1. The van der Waals surface area contributed by atoms with Crippen molar-refractivity contribution in [1.29, 1.82) is 0 Å². The predicted molar refractivity (Wildman–Crippen MR) is 57.4 cm³/mol. The molecule has 16 heavy (non-hydrogen) atoms. The van der Waals surface area contributed by atoms with Crippen LogP contribution in [-0.2, 0) is 21.9 Å². The van der Waals surface area contributed by atoms with Crippen molar-refractivity contribution in [2.45, 2.75) is 24.3 Å². The van der Waals surface area contributed by atoms with Crippen LogP contribution in [-0.4, -0.2) is 30.1 Å². The summed E-state index contributed by atoms with van der Waals surface area (Å²) in [5.41, 5.74) is 0. The highest BCUT2D eigenvalue weighted by Gasteiger charge is 2.24. The van der Waals surface area contributed by atoms with Gasteiger partial charge in [-0.15, -0.1) is 0 Å². The van der Waals surface area contributed by atoms with Crippen molar-refractivity contribution in [3.8, 4) is 0 Å². The average Bonchev–Trinajstić information content (AvgIpc) is 2.61. The molecule has 1 aromatic rings. The molecule has 0 unspecified atom stereocenters. The summed E-state index contributed by atoms with van der Waals surface area (Å²) < 4.78 is 27.2. The van der Waals surface area contributed by atoms with Gasteiger partial charge < -0.3 is 9.67 Å². The monoisotopic (exact) mass is 246 g/mol. The number of aryl methyl sites for hydroxylation is 1. The van der Waals surface area contributed by atoms with Crippen molar-refractivity contribution in [2.75, 3.05) is 0 Å². The number of nitrogens with one attached hydrogen (secondary N) is 1. The van der Waals surface area contributed by atoms with Crippen molar-refractivity contribution in [1.82, 2.24) is 9.29 Å². The molecule has 90 valence electrons. The van der Waals surface area contributed by atoms with Crippen molar-refractivity contribution >= 4 is 16.0 Å². The average molecular weight is 246 g/mol. The highest BCUT2D eigenvalue weighted by Crippen LogP contribution is 2.09. The van der Waals surface area contributed by atoms with Crippen LogP contribution in [0.5, 0.6) is 0 Å². The molecule has 6 nitrogen and oxygen atoms in total. The van der Waals surface area contributed by atoms with Gasteiger partial charge in [-0.05, 0) is 12.5 Å². The van der Waals surface area contributed by atoms with Crippen LogP contribution in [0.25, 0.3) is 0 Å². The van der Waals surface area contributed by atoms with Gasteiger partial charge in [0.05, 0.1) is 4.90 Å².